The summed E-state index contributed by atoms with van der Waals surface area (Å²) in [6.07, 6.45) is 2.84. The molecule has 2 aromatic rings. The first-order valence-electron chi connectivity index (χ1n) is 7.24. The average molecular weight is 270 g/mol. The molecular weight excluding hydrogens is 252 g/mol. The second-order valence-electron chi connectivity index (χ2n) is 5.44. The number of amidine groups is 1. The van der Waals surface area contributed by atoms with E-state index in [4.69, 9.17) is 14.1 Å². The Morgan fingerprint density at radius 1 is 1.15 bits per heavy atom. The van der Waals surface area contributed by atoms with Gasteiger partial charge < -0.3 is 14.1 Å². The van der Waals surface area contributed by atoms with Crippen molar-refractivity contribution in [2.45, 2.75) is 12.3 Å². The molecule has 3 heterocycles. The number of ether oxygens (including phenoxy) is 1. The van der Waals surface area contributed by atoms with Crippen molar-refractivity contribution in [2.75, 3.05) is 32.8 Å². The first-order chi connectivity index (χ1) is 9.92. The van der Waals surface area contributed by atoms with Crippen LogP contribution < -0.4 is 0 Å². The zero-order valence-electron chi connectivity index (χ0n) is 11.4. The molecule has 1 saturated heterocycles. The van der Waals surface area contributed by atoms with Gasteiger partial charge in [-0.1, -0.05) is 24.3 Å². The highest BCUT2D eigenvalue weighted by Gasteiger charge is 2.28. The second-order valence-corrected chi connectivity index (χ2v) is 5.44. The van der Waals surface area contributed by atoms with Crippen LogP contribution in [-0.4, -0.2) is 43.6 Å². The zero-order chi connectivity index (χ0) is 13.4. The molecule has 1 aromatic heterocycles. The molecule has 0 amide bonds. The predicted octanol–water partition coefficient (Wildman–Crippen LogP) is 2.65. The number of benzene rings is 1. The number of rotatable bonds is 1. The van der Waals surface area contributed by atoms with Crippen molar-refractivity contribution in [1.82, 2.24) is 4.90 Å². The van der Waals surface area contributed by atoms with E-state index in [-0.39, 0.29) is 0 Å². The van der Waals surface area contributed by atoms with Gasteiger partial charge in [0, 0.05) is 36.2 Å². The third kappa shape index (κ3) is 2.00. The summed E-state index contributed by atoms with van der Waals surface area (Å²) in [5, 5.41) is 2.42. The highest BCUT2D eigenvalue weighted by Crippen LogP contribution is 2.33. The maximum Gasteiger partial charge on any atom is 0.116 e. The van der Waals surface area contributed by atoms with Crippen molar-refractivity contribution in [3.63, 3.8) is 0 Å². The predicted molar refractivity (Wildman–Crippen MR) is 78.3 cm³/mol. The van der Waals surface area contributed by atoms with E-state index in [1.807, 2.05) is 12.3 Å². The number of hydrogen-bond donors (Lipinski definition) is 0. The van der Waals surface area contributed by atoms with Crippen LogP contribution in [0.4, 0.5) is 0 Å². The van der Waals surface area contributed by atoms with Crippen LogP contribution in [0.25, 0.3) is 10.8 Å². The molecule has 4 nitrogen and oxygen atoms in total. The van der Waals surface area contributed by atoms with E-state index in [2.05, 4.69) is 23.1 Å². The van der Waals surface area contributed by atoms with E-state index in [1.165, 1.54) is 16.6 Å². The van der Waals surface area contributed by atoms with Crippen molar-refractivity contribution in [1.29, 1.82) is 0 Å². The molecule has 1 unspecified atom stereocenters. The Morgan fingerprint density at radius 2 is 2.00 bits per heavy atom. The zero-order valence-corrected chi connectivity index (χ0v) is 11.4. The van der Waals surface area contributed by atoms with Crippen LogP contribution in [0, 0.1) is 0 Å². The first-order valence-corrected chi connectivity index (χ1v) is 7.24. The summed E-state index contributed by atoms with van der Waals surface area (Å²) in [5.41, 5.74) is 0. The van der Waals surface area contributed by atoms with Crippen molar-refractivity contribution < 1.29 is 9.15 Å². The van der Waals surface area contributed by atoms with Gasteiger partial charge in [-0.3, -0.25) is 4.99 Å². The van der Waals surface area contributed by atoms with Gasteiger partial charge in [0.25, 0.3) is 0 Å². The topological polar surface area (TPSA) is 38.0 Å². The minimum Gasteiger partial charge on any atom is -0.468 e. The Morgan fingerprint density at radius 3 is 2.90 bits per heavy atom. The second kappa shape index (κ2) is 4.94. The quantitative estimate of drug-likeness (QED) is 0.799. The molecule has 1 atom stereocenters. The van der Waals surface area contributed by atoms with E-state index >= 15 is 0 Å². The third-order valence-corrected chi connectivity index (χ3v) is 4.21. The Labute approximate surface area is 118 Å². The van der Waals surface area contributed by atoms with Gasteiger partial charge >= 0.3 is 0 Å². The fraction of sp³-hybridized carbons (Fsp3) is 0.438. The summed E-state index contributed by atoms with van der Waals surface area (Å²) in [7, 11) is 0. The van der Waals surface area contributed by atoms with Crippen LogP contribution in [0.1, 0.15) is 18.1 Å². The van der Waals surface area contributed by atoms with Crippen LogP contribution in [0.3, 0.4) is 0 Å². The van der Waals surface area contributed by atoms with Crippen LogP contribution in [0.2, 0.25) is 0 Å². The monoisotopic (exact) mass is 270 g/mol. The van der Waals surface area contributed by atoms with Crippen LogP contribution >= 0.6 is 0 Å². The van der Waals surface area contributed by atoms with Gasteiger partial charge in [0.1, 0.15) is 5.76 Å². The normalized spacial score (nSPS) is 23.3. The van der Waals surface area contributed by atoms with Crippen LogP contribution in [0.15, 0.2) is 39.9 Å². The summed E-state index contributed by atoms with van der Waals surface area (Å²) in [6.45, 7) is 4.39. The summed E-state index contributed by atoms with van der Waals surface area (Å²) in [4.78, 5) is 7.09. The minimum atomic E-state index is 0.382. The summed E-state index contributed by atoms with van der Waals surface area (Å²) < 4.78 is 11.2. The molecule has 0 saturated carbocycles. The fourth-order valence-electron chi connectivity index (χ4n) is 3.12. The Balaban J connectivity index is 1.54. The molecule has 1 aromatic carbocycles. The van der Waals surface area contributed by atoms with Crippen LogP contribution in [0.5, 0.6) is 0 Å². The molecule has 1 fully saturated rings. The lowest BCUT2D eigenvalue weighted by atomic mass is 10.0. The van der Waals surface area contributed by atoms with Gasteiger partial charge in [-0.15, -0.1) is 0 Å². The average Bonchev–Trinajstić information content (AvgIpc) is 3.14. The first kappa shape index (κ1) is 12.0. The molecule has 104 valence electrons. The summed E-state index contributed by atoms with van der Waals surface area (Å²) in [6, 6.07) is 8.36. The molecule has 0 radical (unpaired) electrons. The minimum absolute atomic E-state index is 0.382. The number of nitrogens with zero attached hydrogens (tertiary/aromatic N) is 2. The van der Waals surface area contributed by atoms with Gasteiger partial charge in [-0.2, -0.15) is 0 Å². The Kier molecular flexibility index (Phi) is 2.96. The number of hydrogen-bond acceptors (Lipinski definition) is 4. The van der Waals surface area contributed by atoms with Crippen molar-refractivity contribution in [3.8, 4) is 0 Å². The molecule has 0 N–H and O–H groups in total. The lowest BCUT2D eigenvalue weighted by Gasteiger charge is -2.28. The lowest BCUT2D eigenvalue weighted by molar-refractivity contribution is 0.0674. The maximum atomic E-state index is 5.82. The summed E-state index contributed by atoms with van der Waals surface area (Å²) in [5.74, 6) is 2.69. The number of furan rings is 1. The molecule has 0 bridgehead atoms. The van der Waals surface area contributed by atoms with Crippen molar-refractivity contribution in [3.05, 3.63) is 36.3 Å². The highest BCUT2D eigenvalue weighted by molar-refractivity contribution is 5.88. The summed E-state index contributed by atoms with van der Waals surface area (Å²) >= 11 is 0. The molecule has 0 spiro atoms. The fourth-order valence-corrected chi connectivity index (χ4v) is 3.12. The van der Waals surface area contributed by atoms with E-state index < -0.39 is 0 Å². The lowest BCUT2D eigenvalue weighted by Crippen LogP contribution is -2.40. The SMILES string of the molecule is c1ccc2c(C3CN=C(N4CCOCC4)C3)occ2c1. The molecule has 20 heavy (non-hydrogen) atoms. The van der Waals surface area contributed by atoms with Gasteiger partial charge in [-0.25, -0.2) is 0 Å². The number of fused-ring (bicyclic) bond motifs is 1. The van der Waals surface area contributed by atoms with E-state index in [9.17, 15) is 0 Å². The standard InChI is InChI=1S/C16H18N2O2/c1-2-4-14-12(3-1)11-20-16(14)13-9-15(17-10-13)18-5-7-19-8-6-18/h1-4,11,13H,5-10H2. The molecule has 2 aliphatic rings. The number of aliphatic imine (C=N–C) groups is 1. The Hall–Kier alpha value is -1.81. The highest BCUT2D eigenvalue weighted by atomic mass is 16.5. The van der Waals surface area contributed by atoms with Gasteiger partial charge in [0.2, 0.25) is 0 Å². The van der Waals surface area contributed by atoms with Gasteiger partial charge in [0.15, 0.2) is 0 Å². The van der Waals surface area contributed by atoms with Gasteiger partial charge in [0.05, 0.1) is 31.9 Å². The largest absolute Gasteiger partial charge is 0.468 e. The smallest absolute Gasteiger partial charge is 0.116 e. The molecule has 4 rings (SSSR count). The van der Waals surface area contributed by atoms with E-state index in [0.29, 0.717) is 5.92 Å². The maximum absolute atomic E-state index is 5.82. The third-order valence-electron chi connectivity index (χ3n) is 4.21. The molecule has 2 aliphatic heterocycles. The van der Waals surface area contributed by atoms with Gasteiger partial charge in [-0.05, 0) is 0 Å². The Bertz CT molecular complexity index is 641. The van der Waals surface area contributed by atoms with E-state index in [0.717, 1.165) is 45.0 Å². The van der Waals surface area contributed by atoms with Crippen molar-refractivity contribution >= 4 is 16.6 Å². The van der Waals surface area contributed by atoms with E-state index in [1.54, 1.807) is 0 Å². The number of morpholine rings is 1. The van der Waals surface area contributed by atoms with Crippen molar-refractivity contribution in [2.24, 2.45) is 4.99 Å². The molecular formula is C16H18N2O2. The van der Waals surface area contributed by atoms with Crippen LogP contribution in [-0.2, 0) is 4.74 Å². The molecule has 4 heteroatoms. The molecule has 0 aliphatic carbocycles.